The number of hydrogen-bond acceptors (Lipinski definition) is 3. The van der Waals surface area contributed by atoms with E-state index >= 15 is 0 Å². The van der Waals surface area contributed by atoms with Gasteiger partial charge < -0.3 is 15.1 Å². The Morgan fingerprint density at radius 3 is 3.12 bits per heavy atom. The van der Waals surface area contributed by atoms with Crippen molar-refractivity contribution in [3.63, 3.8) is 0 Å². The fourth-order valence-electron chi connectivity index (χ4n) is 2.25. The van der Waals surface area contributed by atoms with Crippen molar-refractivity contribution in [2.75, 3.05) is 0 Å². The van der Waals surface area contributed by atoms with E-state index in [1.165, 1.54) is 17.8 Å². The van der Waals surface area contributed by atoms with Crippen molar-refractivity contribution in [3.05, 3.63) is 29.3 Å². The lowest BCUT2D eigenvalue weighted by atomic mass is 10.1. The van der Waals surface area contributed by atoms with Gasteiger partial charge in [-0.05, 0) is 25.0 Å². The van der Waals surface area contributed by atoms with Gasteiger partial charge in [-0.3, -0.25) is 0 Å². The molecule has 0 radical (unpaired) electrons. The highest BCUT2D eigenvalue weighted by molar-refractivity contribution is 5.50. The topological polar surface area (TPSA) is 67.8 Å². The van der Waals surface area contributed by atoms with E-state index in [1.807, 2.05) is 12.1 Å². The van der Waals surface area contributed by atoms with E-state index in [1.54, 1.807) is 0 Å². The van der Waals surface area contributed by atoms with E-state index < -0.39 is 0 Å². The van der Waals surface area contributed by atoms with Crippen LogP contribution in [0.4, 0.5) is 0 Å². The Kier molecular flexibility index (Phi) is 2.11. The molecule has 3 rings (SSSR count). The van der Waals surface area contributed by atoms with Crippen molar-refractivity contribution in [3.8, 4) is 11.6 Å². The summed E-state index contributed by atoms with van der Waals surface area (Å²) in [5, 5.41) is 0. The summed E-state index contributed by atoms with van der Waals surface area (Å²) in [6.45, 7) is 2.64. The van der Waals surface area contributed by atoms with Gasteiger partial charge in [-0.25, -0.2) is 4.98 Å². The maximum atomic E-state index is 5.57. The molecule has 16 heavy (non-hydrogen) atoms. The minimum Gasteiger partial charge on any atom is -0.456 e. The Morgan fingerprint density at radius 2 is 2.44 bits per heavy atom. The normalized spacial score (nSPS) is 19.0. The predicted molar refractivity (Wildman–Crippen MR) is 60.9 cm³/mol. The minimum atomic E-state index is 0.427. The van der Waals surface area contributed by atoms with Crippen molar-refractivity contribution in [1.82, 2.24) is 9.97 Å². The first-order valence-electron chi connectivity index (χ1n) is 5.66. The number of aryl methyl sites for hydroxylation is 1. The SMILES string of the molecule is CC1CCc2[nH]c(-c3ccc(CN)o3)nc21. The van der Waals surface area contributed by atoms with Crippen LogP contribution in [0.2, 0.25) is 0 Å². The number of aromatic amines is 1. The molecular weight excluding hydrogens is 202 g/mol. The molecule has 0 fully saturated rings. The Bertz CT molecular complexity index is 512. The molecule has 1 unspecified atom stereocenters. The summed E-state index contributed by atoms with van der Waals surface area (Å²) >= 11 is 0. The van der Waals surface area contributed by atoms with Crippen LogP contribution in [0.1, 0.15) is 36.4 Å². The fraction of sp³-hybridized carbons (Fsp3) is 0.417. The van der Waals surface area contributed by atoms with Crippen molar-refractivity contribution in [1.29, 1.82) is 0 Å². The quantitative estimate of drug-likeness (QED) is 0.810. The van der Waals surface area contributed by atoms with Gasteiger partial charge in [0.15, 0.2) is 11.6 Å². The molecule has 0 aromatic carbocycles. The van der Waals surface area contributed by atoms with Crippen LogP contribution in [-0.2, 0) is 13.0 Å². The average molecular weight is 217 g/mol. The van der Waals surface area contributed by atoms with Crippen LogP contribution in [0.3, 0.4) is 0 Å². The number of nitrogens with one attached hydrogen (secondary N) is 1. The number of hydrogen-bond donors (Lipinski definition) is 2. The number of imidazole rings is 1. The number of fused-ring (bicyclic) bond motifs is 1. The van der Waals surface area contributed by atoms with Crippen LogP contribution in [0.5, 0.6) is 0 Å². The zero-order valence-corrected chi connectivity index (χ0v) is 9.29. The molecule has 1 aliphatic rings. The summed E-state index contributed by atoms with van der Waals surface area (Å²) in [4.78, 5) is 7.93. The van der Waals surface area contributed by atoms with Crippen LogP contribution in [0.25, 0.3) is 11.6 Å². The predicted octanol–water partition coefficient (Wildman–Crippen LogP) is 2.18. The second-order valence-corrected chi connectivity index (χ2v) is 4.36. The van der Waals surface area contributed by atoms with E-state index in [4.69, 9.17) is 10.2 Å². The van der Waals surface area contributed by atoms with Crippen LogP contribution >= 0.6 is 0 Å². The van der Waals surface area contributed by atoms with E-state index in [2.05, 4.69) is 16.9 Å². The van der Waals surface area contributed by atoms with Gasteiger partial charge in [0.1, 0.15) is 5.76 Å². The number of H-pyrrole nitrogens is 1. The highest BCUT2D eigenvalue weighted by Gasteiger charge is 2.24. The number of nitrogens with zero attached hydrogens (tertiary/aromatic N) is 1. The molecular formula is C12H15N3O. The smallest absolute Gasteiger partial charge is 0.174 e. The molecule has 0 aliphatic heterocycles. The maximum Gasteiger partial charge on any atom is 0.174 e. The Labute approximate surface area is 93.9 Å². The average Bonchev–Trinajstić information content (AvgIpc) is 2.95. The van der Waals surface area contributed by atoms with Crippen LogP contribution in [0, 0.1) is 0 Å². The van der Waals surface area contributed by atoms with Gasteiger partial charge in [0, 0.05) is 11.6 Å². The van der Waals surface area contributed by atoms with Crippen molar-refractivity contribution >= 4 is 0 Å². The first-order valence-corrected chi connectivity index (χ1v) is 5.66. The molecule has 1 atom stereocenters. The molecule has 0 amide bonds. The molecule has 2 heterocycles. The monoisotopic (exact) mass is 217 g/mol. The van der Waals surface area contributed by atoms with E-state index in [9.17, 15) is 0 Å². The standard InChI is InChI=1S/C12H15N3O/c1-7-2-4-9-11(7)15-12(14-9)10-5-3-8(6-13)16-10/h3,5,7H,2,4,6,13H2,1H3,(H,14,15). The first-order chi connectivity index (χ1) is 7.78. The third-order valence-electron chi connectivity index (χ3n) is 3.20. The highest BCUT2D eigenvalue weighted by Crippen LogP contribution is 2.33. The number of aromatic nitrogens is 2. The molecule has 0 spiro atoms. The van der Waals surface area contributed by atoms with Crippen LogP contribution < -0.4 is 5.73 Å². The Balaban J connectivity index is 1.98. The lowest BCUT2D eigenvalue weighted by Gasteiger charge is -1.97. The molecule has 84 valence electrons. The largest absolute Gasteiger partial charge is 0.456 e. The van der Waals surface area contributed by atoms with Crippen molar-refractivity contribution < 1.29 is 4.42 Å². The summed E-state index contributed by atoms with van der Waals surface area (Å²) in [6, 6.07) is 3.81. The molecule has 4 heteroatoms. The summed E-state index contributed by atoms with van der Waals surface area (Å²) < 4.78 is 5.57. The minimum absolute atomic E-state index is 0.427. The molecule has 3 N–H and O–H groups in total. The first kappa shape index (κ1) is 9.66. The van der Waals surface area contributed by atoms with Gasteiger partial charge in [0.05, 0.1) is 12.2 Å². The van der Waals surface area contributed by atoms with Gasteiger partial charge in [0.2, 0.25) is 0 Å². The zero-order valence-electron chi connectivity index (χ0n) is 9.29. The third-order valence-corrected chi connectivity index (χ3v) is 3.20. The Morgan fingerprint density at radius 1 is 1.56 bits per heavy atom. The lowest BCUT2D eigenvalue weighted by molar-refractivity contribution is 0.521. The second-order valence-electron chi connectivity index (χ2n) is 4.36. The van der Waals surface area contributed by atoms with Gasteiger partial charge in [0.25, 0.3) is 0 Å². The zero-order chi connectivity index (χ0) is 11.1. The van der Waals surface area contributed by atoms with E-state index in [-0.39, 0.29) is 0 Å². The number of rotatable bonds is 2. The molecule has 4 nitrogen and oxygen atoms in total. The fourth-order valence-corrected chi connectivity index (χ4v) is 2.25. The van der Waals surface area contributed by atoms with Crippen LogP contribution in [-0.4, -0.2) is 9.97 Å². The molecule has 2 aromatic rings. The second kappa shape index (κ2) is 3.49. The van der Waals surface area contributed by atoms with Gasteiger partial charge >= 0.3 is 0 Å². The maximum absolute atomic E-state index is 5.57. The summed E-state index contributed by atoms with van der Waals surface area (Å²) in [7, 11) is 0. The molecule has 0 saturated heterocycles. The van der Waals surface area contributed by atoms with Gasteiger partial charge in [-0.2, -0.15) is 0 Å². The van der Waals surface area contributed by atoms with E-state index in [0.717, 1.165) is 23.8 Å². The Hall–Kier alpha value is -1.55. The van der Waals surface area contributed by atoms with Crippen molar-refractivity contribution in [2.24, 2.45) is 5.73 Å². The molecule has 1 aliphatic carbocycles. The highest BCUT2D eigenvalue weighted by atomic mass is 16.3. The molecule has 2 aromatic heterocycles. The molecule has 0 saturated carbocycles. The number of furan rings is 1. The number of nitrogens with two attached hydrogens (primary N) is 1. The third kappa shape index (κ3) is 1.38. The summed E-state index contributed by atoms with van der Waals surface area (Å²) in [5.41, 5.74) is 7.96. The van der Waals surface area contributed by atoms with Gasteiger partial charge in [-0.1, -0.05) is 6.92 Å². The van der Waals surface area contributed by atoms with Crippen molar-refractivity contribution in [2.45, 2.75) is 32.2 Å². The lowest BCUT2D eigenvalue weighted by Crippen LogP contribution is -1.92. The van der Waals surface area contributed by atoms with E-state index in [0.29, 0.717) is 12.5 Å². The summed E-state index contributed by atoms with van der Waals surface area (Å²) in [6.07, 6.45) is 2.29. The summed E-state index contributed by atoms with van der Waals surface area (Å²) in [5.74, 6) is 2.96. The molecule has 0 bridgehead atoms. The van der Waals surface area contributed by atoms with Crippen LogP contribution in [0.15, 0.2) is 16.5 Å². The van der Waals surface area contributed by atoms with Gasteiger partial charge in [-0.15, -0.1) is 0 Å².